The van der Waals surface area contributed by atoms with E-state index < -0.39 is 0 Å². The number of benzene rings is 4. The monoisotopic (exact) mass is 375 g/mol. The molecule has 0 unspecified atom stereocenters. The Bertz CT molecular complexity index is 931. The van der Waals surface area contributed by atoms with Crippen LogP contribution < -0.4 is 0 Å². The summed E-state index contributed by atoms with van der Waals surface area (Å²) in [5.41, 5.74) is 6.84. The highest BCUT2D eigenvalue weighted by atomic mass is 14.2. The molecule has 29 heavy (non-hydrogen) atoms. The minimum Gasteiger partial charge on any atom is -0.0622 e. The van der Waals surface area contributed by atoms with Gasteiger partial charge in [-0.1, -0.05) is 115 Å². The third-order valence-corrected chi connectivity index (χ3v) is 5.52. The normalized spacial score (nSPS) is 10.9. The molecule has 0 saturated heterocycles. The zero-order valence-corrected chi connectivity index (χ0v) is 16.7. The largest absolute Gasteiger partial charge is 0.0622 e. The van der Waals surface area contributed by atoms with Gasteiger partial charge >= 0.3 is 0 Å². The number of hydrogen-bond donors (Lipinski definition) is 0. The molecule has 0 aliphatic heterocycles. The van der Waals surface area contributed by atoms with Crippen molar-refractivity contribution in [2.45, 2.75) is 25.2 Å². The summed E-state index contributed by atoms with van der Waals surface area (Å²) in [4.78, 5) is 0. The summed E-state index contributed by atoms with van der Waals surface area (Å²) in [5.74, 6) is 0.432. The average molecular weight is 376 g/mol. The van der Waals surface area contributed by atoms with E-state index in [1.54, 1.807) is 0 Å². The second-order valence-electron chi connectivity index (χ2n) is 7.55. The first-order valence-corrected chi connectivity index (χ1v) is 10.4. The molecule has 0 bridgehead atoms. The minimum atomic E-state index is 0.432. The van der Waals surface area contributed by atoms with Crippen LogP contribution in [-0.2, 0) is 12.8 Å². The summed E-state index contributed by atoms with van der Waals surface area (Å²) in [6.45, 7) is 0. The Kier molecular flexibility index (Phi) is 6.55. The molecule has 0 nitrogen and oxygen atoms in total. The Hall–Kier alpha value is -3.12. The Morgan fingerprint density at radius 1 is 0.517 bits per heavy atom. The molecule has 4 aromatic rings. The third-order valence-electron chi connectivity index (χ3n) is 5.52. The molecule has 0 aliphatic carbocycles. The van der Waals surface area contributed by atoms with Gasteiger partial charge in [-0.25, -0.2) is 0 Å². The Balaban J connectivity index is 1.40. The van der Waals surface area contributed by atoms with Crippen LogP contribution in [-0.4, -0.2) is 0 Å². The molecule has 0 N–H and O–H groups in total. The molecule has 0 heteroatoms. The lowest BCUT2D eigenvalue weighted by Gasteiger charge is -2.18. The Labute approximate surface area is 174 Å². The molecule has 0 fully saturated rings. The molecule has 0 atom stereocenters. The maximum atomic E-state index is 2.30. The Morgan fingerprint density at radius 2 is 1.03 bits per heavy atom. The lowest BCUT2D eigenvalue weighted by Crippen LogP contribution is -2.03. The van der Waals surface area contributed by atoms with Crippen LogP contribution in [0.5, 0.6) is 0 Å². The van der Waals surface area contributed by atoms with Gasteiger partial charge in [0.05, 0.1) is 0 Å². The first-order chi connectivity index (χ1) is 14.4. The predicted octanol–water partition coefficient (Wildman–Crippen LogP) is 7.25. The zero-order valence-electron chi connectivity index (χ0n) is 16.7. The van der Waals surface area contributed by atoms with Gasteiger partial charge in [-0.3, -0.25) is 0 Å². The van der Waals surface area contributed by atoms with Gasteiger partial charge in [0.25, 0.3) is 0 Å². The highest BCUT2D eigenvalue weighted by Crippen LogP contribution is 2.29. The summed E-state index contributed by atoms with van der Waals surface area (Å²) in [6.07, 6.45) is 5.47. The molecule has 4 aromatic carbocycles. The van der Waals surface area contributed by atoms with E-state index in [-0.39, 0.29) is 0 Å². The van der Waals surface area contributed by atoms with Crippen LogP contribution in [0.4, 0.5) is 0 Å². The number of hydrogen-bond acceptors (Lipinski definition) is 0. The molecule has 0 spiro atoms. The second-order valence-corrected chi connectivity index (χ2v) is 7.55. The van der Waals surface area contributed by atoms with Crippen molar-refractivity contribution in [1.29, 1.82) is 0 Å². The fourth-order valence-electron chi connectivity index (χ4n) is 3.88. The first kappa shape index (κ1) is 19.2. The predicted molar refractivity (Wildman–Crippen MR) is 123 cm³/mol. The summed E-state index contributed by atoms with van der Waals surface area (Å²) in [6, 6.07) is 41.4. The lowest BCUT2D eigenvalue weighted by molar-refractivity contribution is 0.715. The SMILES string of the molecule is [CH](Cc1ccccc1)c1ccc(CCC(c2ccccc2)c2ccccc2)cc1. The van der Waals surface area contributed by atoms with E-state index in [9.17, 15) is 0 Å². The van der Waals surface area contributed by atoms with E-state index in [0.717, 1.165) is 19.3 Å². The fraction of sp³-hybridized carbons (Fsp3) is 0.138. The van der Waals surface area contributed by atoms with Gasteiger partial charge in [-0.2, -0.15) is 0 Å². The van der Waals surface area contributed by atoms with Crippen molar-refractivity contribution >= 4 is 0 Å². The average Bonchev–Trinajstić information content (AvgIpc) is 2.81. The van der Waals surface area contributed by atoms with E-state index in [4.69, 9.17) is 0 Å². The topological polar surface area (TPSA) is 0 Å². The van der Waals surface area contributed by atoms with Gasteiger partial charge in [0.15, 0.2) is 0 Å². The zero-order chi connectivity index (χ0) is 19.7. The van der Waals surface area contributed by atoms with Gasteiger partial charge in [-0.05, 0) is 53.5 Å². The van der Waals surface area contributed by atoms with Crippen LogP contribution in [0.25, 0.3) is 0 Å². The van der Waals surface area contributed by atoms with Crippen molar-refractivity contribution in [2.75, 3.05) is 0 Å². The second kappa shape index (κ2) is 9.89. The molecule has 0 heterocycles. The van der Waals surface area contributed by atoms with Crippen LogP contribution in [0.3, 0.4) is 0 Å². The molecule has 143 valence electrons. The molecular formula is C29H27. The number of rotatable bonds is 8. The molecule has 0 saturated carbocycles. The van der Waals surface area contributed by atoms with E-state index in [2.05, 4.69) is 122 Å². The summed E-state index contributed by atoms with van der Waals surface area (Å²) in [7, 11) is 0. The third kappa shape index (κ3) is 5.45. The summed E-state index contributed by atoms with van der Waals surface area (Å²) < 4.78 is 0. The van der Waals surface area contributed by atoms with Crippen molar-refractivity contribution in [3.63, 3.8) is 0 Å². The van der Waals surface area contributed by atoms with Crippen molar-refractivity contribution in [1.82, 2.24) is 0 Å². The maximum Gasteiger partial charge on any atom is 0.00925 e. The lowest BCUT2D eigenvalue weighted by atomic mass is 9.86. The van der Waals surface area contributed by atoms with Gasteiger partial charge in [0.2, 0.25) is 0 Å². The van der Waals surface area contributed by atoms with E-state index >= 15 is 0 Å². The standard InChI is InChI=1S/C29H27/c1-4-10-24(11-5-1)16-17-25-18-20-26(21-19-25)22-23-29(27-12-6-2-7-13-27)28-14-8-3-9-15-28/h1-15,17-21,29H,16,22-23H2. The summed E-state index contributed by atoms with van der Waals surface area (Å²) >= 11 is 0. The van der Waals surface area contributed by atoms with E-state index in [1.807, 2.05) is 0 Å². The molecular weight excluding hydrogens is 348 g/mol. The first-order valence-electron chi connectivity index (χ1n) is 10.4. The van der Waals surface area contributed by atoms with Crippen molar-refractivity contribution in [2.24, 2.45) is 0 Å². The fourth-order valence-corrected chi connectivity index (χ4v) is 3.88. The molecule has 0 amide bonds. The maximum absolute atomic E-state index is 2.30. The van der Waals surface area contributed by atoms with Gasteiger partial charge in [-0.15, -0.1) is 0 Å². The van der Waals surface area contributed by atoms with Crippen molar-refractivity contribution in [3.8, 4) is 0 Å². The van der Waals surface area contributed by atoms with Crippen LogP contribution in [0.2, 0.25) is 0 Å². The molecule has 0 aromatic heterocycles. The molecule has 4 rings (SSSR count). The van der Waals surface area contributed by atoms with Crippen LogP contribution >= 0.6 is 0 Å². The molecule has 1 radical (unpaired) electrons. The van der Waals surface area contributed by atoms with Crippen LogP contribution in [0, 0.1) is 6.42 Å². The van der Waals surface area contributed by atoms with Crippen LogP contribution in [0.15, 0.2) is 115 Å². The highest BCUT2D eigenvalue weighted by molar-refractivity contribution is 5.34. The summed E-state index contributed by atoms with van der Waals surface area (Å²) in [5, 5.41) is 0. The van der Waals surface area contributed by atoms with Crippen LogP contribution in [0.1, 0.15) is 40.2 Å². The van der Waals surface area contributed by atoms with Gasteiger partial charge in [0.1, 0.15) is 0 Å². The Morgan fingerprint density at radius 3 is 1.59 bits per heavy atom. The smallest absolute Gasteiger partial charge is 0.00925 e. The number of aryl methyl sites for hydroxylation is 1. The van der Waals surface area contributed by atoms with Gasteiger partial charge in [0, 0.05) is 5.92 Å². The van der Waals surface area contributed by atoms with Gasteiger partial charge < -0.3 is 0 Å². The van der Waals surface area contributed by atoms with E-state index in [0.29, 0.717) is 5.92 Å². The van der Waals surface area contributed by atoms with E-state index in [1.165, 1.54) is 27.8 Å². The quantitative estimate of drug-likeness (QED) is 0.304. The van der Waals surface area contributed by atoms with Crippen molar-refractivity contribution in [3.05, 3.63) is 149 Å². The minimum absolute atomic E-state index is 0.432. The molecule has 0 aliphatic rings. The highest BCUT2D eigenvalue weighted by Gasteiger charge is 2.13. The van der Waals surface area contributed by atoms with Crippen molar-refractivity contribution < 1.29 is 0 Å².